The molecule has 27 heavy (non-hydrogen) atoms. The molecule has 0 aromatic heterocycles. The second-order valence-corrected chi connectivity index (χ2v) is 10.2. The van der Waals surface area contributed by atoms with E-state index in [1.165, 1.54) is 12.1 Å². The van der Waals surface area contributed by atoms with Gasteiger partial charge in [-0.15, -0.1) is 11.8 Å². The van der Waals surface area contributed by atoms with Crippen LogP contribution in [0, 0.1) is 5.92 Å². The Bertz CT molecular complexity index is 789. The molecule has 2 saturated heterocycles. The third kappa shape index (κ3) is 5.46. The van der Waals surface area contributed by atoms with Gasteiger partial charge in [-0.05, 0) is 30.0 Å². The Morgan fingerprint density at radius 3 is 2.67 bits per heavy atom. The van der Waals surface area contributed by atoms with E-state index >= 15 is 0 Å². The number of benzene rings is 1. The highest BCUT2D eigenvalue weighted by molar-refractivity contribution is 7.99. The molecular weight excluding hydrogens is 386 g/mol. The lowest BCUT2D eigenvalue weighted by Gasteiger charge is -2.19. The Kier molecular flexibility index (Phi) is 6.44. The molecule has 1 aromatic rings. The first-order valence-corrected chi connectivity index (χ1v) is 12.0. The van der Waals surface area contributed by atoms with Crippen LogP contribution < -0.4 is 10.6 Å². The minimum Gasteiger partial charge on any atom is -0.355 e. The van der Waals surface area contributed by atoms with Crippen molar-refractivity contribution in [1.29, 1.82) is 0 Å². The lowest BCUT2D eigenvalue weighted by molar-refractivity contribution is -0.131. The summed E-state index contributed by atoms with van der Waals surface area (Å²) in [4.78, 5) is 26.7. The topological polar surface area (TPSA) is 95.6 Å². The molecule has 2 amide bonds. The first kappa shape index (κ1) is 20.2. The first-order valence-electron chi connectivity index (χ1n) is 8.98. The maximum absolute atomic E-state index is 12.4. The van der Waals surface area contributed by atoms with Crippen molar-refractivity contribution in [2.24, 2.45) is 5.92 Å². The number of amides is 2. The summed E-state index contributed by atoms with van der Waals surface area (Å²) in [6.45, 7) is 2.08. The summed E-state index contributed by atoms with van der Waals surface area (Å²) in [7, 11) is -3.23. The number of carbonyl (C=O) groups excluding carboxylic acids is 2. The fraction of sp³-hybridized carbons (Fsp3) is 0.556. The Morgan fingerprint density at radius 2 is 2.04 bits per heavy atom. The Morgan fingerprint density at radius 1 is 1.30 bits per heavy atom. The highest BCUT2D eigenvalue weighted by atomic mass is 32.2. The lowest BCUT2D eigenvalue weighted by Crippen LogP contribution is -2.42. The number of rotatable bonds is 6. The van der Waals surface area contributed by atoms with Gasteiger partial charge in [0.15, 0.2) is 9.84 Å². The highest BCUT2D eigenvalue weighted by Crippen LogP contribution is 2.20. The molecule has 0 radical (unpaired) electrons. The van der Waals surface area contributed by atoms with E-state index in [9.17, 15) is 18.0 Å². The third-order valence-electron chi connectivity index (χ3n) is 4.89. The van der Waals surface area contributed by atoms with E-state index in [-0.39, 0.29) is 35.1 Å². The number of nitrogens with one attached hydrogen (secondary N) is 2. The predicted octanol–water partition coefficient (Wildman–Crippen LogP) is 0.260. The van der Waals surface area contributed by atoms with Gasteiger partial charge >= 0.3 is 0 Å². The summed E-state index contributed by atoms with van der Waals surface area (Å²) in [6, 6.07) is 6.22. The molecule has 1 aromatic carbocycles. The molecule has 3 rings (SSSR count). The molecule has 148 valence electrons. The normalized spacial score (nSPS) is 22.8. The standard InChI is InChI=1S/C18H25N3O4S2/c1-27(24,25)15-4-2-13(3-5-15)9-17(22)20-11-14-8-16(19-10-14)18(23)21-6-7-26-12-21/h2-5,14,16,19H,6-12H2,1H3,(H,20,22)/t14-,16-/m0/s1. The molecule has 0 saturated carbocycles. The van der Waals surface area contributed by atoms with Crippen molar-refractivity contribution >= 4 is 33.4 Å². The van der Waals surface area contributed by atoms with E-state index in [0.29, 0.717) is 6.54 Å². The van der Waals surface area contributed by atoms with Crippen LogP contribution in [0.15, 0.2) is 29.2 Å². The molecule has 0 bridgehead atoms. The van der Waals surface area contributed by atoms with Crippen molar-refractivity contribution in [3.05, 3.63) is 29.8 Å². The molecule has 2 aliphatic rings. The van der Waals surface area contributed by atoms with Crippen LogP contribution in [0.1, 0.15) is 12.0 Å². The summed E-state index contributed by atoms with van der Waals surface area (Å²) in [6.07, 6.45) is 2.10. The Labute approximate surface area is 164 Å². The van der Waals surface area contributed by atoms with E-state index in [2.05, 4.69) is 10.6 Å². The number of sulfone groups is 1. The fourth-order valence-electron chi connectivity index (χ4n) is 3.32. The van der Waals surface area contributed by atoms with Gasteiger partial charge in [-0.25, -0.2) is 8.42 Å². The van der Waals surface area contributed by atoms with Crippen molar-refractivity contribution in [3.63, 3.8) is 0 Å². The van der Waals surface area contributed by atoms with Crippen molar-refractivity contribution in [1.82, 2.24) is 15.5 Å². The zero-order valence-corrected chi connectivity index (χ0v) is 16.9. The van der Waals surface area contributed by atoms with E-state index < -0.39 is 9.84 Å². The van der Waals surface area contributed by atoms with E-state index in [4.69, 9.17) is 0 Å². The van der Waals surface area contributed by atoms with Crippen LogP contribution in [0.3, 0.4) is 0 Å². The predicted molar refractivity (Wildman–Crippen MR) is 105 cm³/mol. The van der Waals surface area contributed by atoms with E-state index in [1.807, 2.05) is 4.90 Å². The third-order valence-corrected chi connectivity index (χ3v) is 6.98. The van der Waals surface area contributed by atoms with Gasteiger partial charge < -0.3 is 15.5 Å². The molecule has 2 heterocycles. The van der Waals surface area contributed by atoms with Crippen LogP contribution in [0.5, 0.6) is 0 Å². The van der Waals surface area contributed by atoms with E-state index in [0.717, 1.165) is 43.0 Å². The molecule has 0 unspecified atom stereocenters. The number of hydrogen-bond donors (Lipinski definition) is 2. The van der Waals surface area contributed by atoms with Crippen LogP contribution in [0.25, 0.3) is 0 Å². The number of thioether (sulfide) groups is 1. The summed E-state index contributed by atoms with van der Waals surface area (Å²) >= 11 is 1.77. The second kappa shape index (κ2) is 8.62. The highest BCUT2D eigenvalue weighted by Gasteiger charge is 2.33. The average Bonchev–Trinajstić information content (AvgIpc) is 3.31. The average molecular weight is 412 g/mol. The molecule has 7 nitrogen and oxygen atoms in total. The number of hydrogen-bond acceptors (Lipinski definition) is 6. The Balaban J connectivity index is 1.42. The molecule has 0 aliphatic carbocycles. The van der Waals surface area contributed by atoms with Crippen LogP contribution in [-0.4, -0.2) is 68.7 Å². The molecule has 2 N–H and O–H groups in total. The first-order chi connectivity index (χ1) is 12.8. The van der Waals surface area contributed by atoms with Crippen molar-refractivity contribution in [3.8, 4) is 0 Å². The lowest BCUT2D eigenvalue weighted by atomic mass is 10.0. The summed E-state index contributed by atoms with van der Waals surface area (Å²) in [5.41, 5.74) is 0.768. The minimum absolute atomic E-state index is 0.104. The zero-order chi connectivity index (χ0) is 19.4. The van der Waals surface area contributed by atoms with Crippen LogP contribution in [0.4, 0.5) is 0 Å². The van der Waals surface area contributed by atoms with Gasteiger partial charge in [0.25, 0.3) is 0 Å². The molecule has 9 heteroatoms. The van der Waals surface area contributed by atoms with Gasteiger partial charge in [0.2, 0.25) is 11.8 Å². The smallest absolute Gasteiger partial charge is 0.240 e. The number of carbonyl (C=O) groups is 2. The van der Waals surface area contributed by atoms with Gasteiger partial charge in [0.05, 0.1) is 23.2 Å². The number of nitrogens with zero attached hydrogens (tertiary/aromatic N) is 1. The molecule has 2 fully saturated rings. The summed E-state index contributed by atoms with van der Waals surface area (Å²) < 4.78 is 22.9. The van der Waals surface area contributed by atoms with Crippen molar-refractivity contribution in [2.45, 2.75) is 23.8 Å². The monoisotopic (exact) mass is 411 g/mol. The maximum atomic E-state index is 12.4. The van der Waals surface area contributed by atoms with Crippen LogP contribution in [-0.2, 0) is 25.8 Å². The SMILES string of the molecule is CS(=O)(=O)c1ccc(CC(=O)NC[C@@H]2CN[C@H](C(=O)N3CCSC3)C2)cc1. The van der Waals surface area contributed by atoms with Crippen LogP contribution in [0.2, 0.25) is 0 Å². The quantitative estimate of drug-likeness (QED) is 0.697. The molecular formula is C18H25N3O4S2. The fourth-order valence-corrected chi connectivity index (χ4v) is 4.91. The molecule has 2 aliphatic heterocycles. The summed E-state index contributed by atoms with van der Waals surface area (Å²) in [5.74, 6) is 2.08. The largest absolute Gasteiger partial charge is 0.355 e. The molecule has 2 atom stereocenters. The van der Waals surface area contributed by atoms with Crippen LogP contribution >= 0.6 is 11.8 Å². The van der Waals surface area contributed by atoms with Gasteiger partial charge in [-0.1, -0.05) is 12.1 Å². The maximum Gasteiger partial charge on any atom is 0.240 e. The van der Waals surface area contributed by atoms with Gasteiger partial charge in [-0.3, -0.25) is 9.59 Å². The van der Waals surface area contributed by atoms with Gasteiger partial charge in [0.1, 0.15) is 0 Å². The van der Waals surface area contributed by atoms with E-state index in [1.54, 1.807) is 23.9 Å². The van der Waals surface area contributed by atoms with Crippen molar-refractivity contribution < 1.29 is 18.0 Å². The zero-order valence-electron chi connectivity index (χ0n) is 15.3. The van der Waals surface area contributed by atoms with Crippen molar-refractivity contribution in [2.75, 3.05) is 37.5 Å². The van der Waals surface area contributed by atoms with Gasteiger partial charge in [-0.2, -0.15) is 0 Å². The minimum atomic E-state index is -3.23. The van der Waals surface area contributed by atoms with Gasteiger partial charge in [0, 0.05) is 31.6 Å². The molecule has 0 spiro atoms. The second-order valence-electron chi connectivity index (χ2n) is 7.10. The summed E-state index contributed by atoms with van der Waals surface area (Å²) in [5, 5.41) is 6.19. The Hall–Kier alpha value is -1.58.